The quantitative estimate of drug-likeness (QED) is 0.176. The van der Waals surface area contributed by atoms with E-state index in [2.05, 4.69) is 179 Å². The average molecular weight is 746 g/mol. The Morgan fingerprint density at radius 1 is 0.368 bits per heavy atom. The summed E-state index contributed by atoms with van der Waals surface area (Å²) in [6.45, 7) is 0. The number of hydrogen-bond donors (Lipinski definition) is 0. The Kier molecular flexibility index (Phi) is 7.03. The molecule has 266 valence electrons. The van der Waals surface area contributed by atoms with Gasteiger partial charge in [-0.15, -0.1) is 11.3 Å². The lowest BCUT2D eigenvalue weighted by Gasteiger charge is -2.14. The fraction of sp³-hybridized carbons (Fsp3) is 0. The summed E-state index contributed by atoms with van der Waals surface area (Å²) in [6, 6.07) is 66.7. The minimum absolute atomic E-state index is 0.576. The van der Waals surface area contributed by atoms with E-state index in [9.17, 15) is 0 Å². The van der Waals surface area contributed by atoms with Crippen molar-refractivity contribution in [2.24, 2.45) is 0 Å². The van der Waals surface area contributed by atoms with E-state index in [1.807, 2.05) is 18.2 Å². The molecular weight excluding hydrogens is 715 g/mol. The second-order valence-corrected chi connectivity index (χ2v) is 15.5. The Bertz CT molecular complexity index is 3510. The minimum atomic E-state index is 0.576. The van der Waals surface area contributed by atoms with Crippen molar-refractivity contribution in [3.05, 3.63) is 188 Å². The van der Waals surface area contributed by atoms with Crippen LogP contribution in [-0.4, -0.2) is 24.1 Å². The van der Waals surface area contributed by atoms with E-state index in [-0.39, 0.29) is 0 Å². The van der Waals surface area contributed by atoms with Crippen molar-refractivity contribution in [3.63, 3.8) is 0 Å². The molecule has 4 aromatic heterocycles. The first-order chi connectivity index (χ1) is 28.3. The number of para-hydroxylation sites is 3. The molecule has 0 bridgehead atoms. The van der Waals surface area contributed by atoms with Crippen LogP contribution in [0.25, 0.3) is 109 Å². The van der Waals surface area contributed by atoms with Gasteiger partial charge in [-0.1, -0.05) is 146 Å². The van der Waals surface area contributed by atoms with Gasteiger partial charge in [0.1, 0.15) is 0 Å². The Morgan fingerprint density at radius 2 is 0.947 bits per heavy atom. The van der Waals surface area contributed by atoms with E-state index in [0.717, 1.165) is 55.1 Å². The molecule has 0 atom stereocenters. The van der Waals surface area contributed by atoms with Crippen molar-refractivity contribution in [2.45, 2.75) is 0 Å². The molecule has 0 fully saturated rings. The number of rotatable bonds is 5. The SMILES string of the molecule is c1ccc(-c2nc(-c3ccc4c(c3)sc3ccccc34)nc(-n3c4ccccc4c4c(-c5ccccc5)c5c(cc43)c3ccccc3n5-c3ccccc3)n2)cc1. The number of hydrogen-bond acceptors (Lipinski definition) is 4. The molecule has 6 heteroatoms. The molecule has 0 radical (unpaired) electrons. The first kappa shape index (κ1) is 31.9. The number of nitrogens with zero attached hydrogens (tertiary/aromatic N) is 5. The van der Waals surface area contributed by atoms with Crippen LogP contribution in [0.5, 0.6) is 0 Å². The van der Waals surface area contributed by atoms with Crippen LogP contribution in [-0.2, 0) is 0 Å². The highest BCUT2D eigenvalue weighted by Crippen LogP contribution is 2.46. The van der Waals surface area contributed by atoms with Crippen LogP contribution in [0, 0.1) is 0 Å². The van der Waals surface area contributed by atoms with Crippen LogP contribution in [0.15, 0.2) is 188 Å². The molecule has 0 N–H and O–H groups in total. The summed E-state index contributed by atoms with van der Waals surface area (Å²) in [5, 5.41) is 7.14. The summed E-state index contributed by atoms with van der Waals surface area (Å²) >= 11 is 1.80. The van der Waals surface area contributed by atoms with Crippen molar-refractivity contribution in [3.8, 4) is 45.5 Å². The lowest BCUT2D eigenvalue weighted by Crippen LogP contribution is -2.06. The maximum absolute atomic E-state index is 5.37. The summed E-state index contributed by atoms with van der Waals surface area (Å²) in [6.07, 6.45) is 0. The molecule has 0 amide bonds. The van der Waals surface area contributed by atoms with Gasteiger partial charge in [0, 0.05) is 64.1 Å². The Morgan fingerprint density at radius 3 is 1.70 bits per heavy atom. The first-order valence-corrected chi connectivity index (χ1v) is 19.9. The van der Waals surface area contributed by atoms with Crippen LogP contribution in [0.2, 0.25) is 0 Å². The number of thiophene rings is 1. The number of fused-ring (bicyclic) bond motifs is 9. The molecular formula is C51H31N5S. The zero-order chi connectivity index (χ0) is 37.5. The number of aromatic nitrogens is 5. The molecule has 0 spiro atoms. The molecule has 0 aliphatic rings. The van der Waals surface area contributed by atoms with Crippen molar-refractivity contribution in [1.29, 1.82) is 0 Å². The maximum atomic E-state index is 5.37. The summed E-state index contributed by atoms with van der Waals surface area (Å²) < 4.78 is 7.15. The van der Waals surface area contributed by atoms with Crippen molar-refractivity contribution < 1.29 is 0 Å². The predicted molar refractivity (Wildman–Crippen MR) is 238 cm³/mol. The average Bonchev–Trinajstić information content (AvgIpc) is 3.94. The monoisotopic (exact) mass is 745 g/mol. The van der Waals surface area contributed by atoms with E-state index in [0.29, 0.717) is 17.6 Å². The van der Waals surface area contributed by atoms with E-state index >= 15 is 0 Å². The predicted octanol–water partition coefficient (Wildman–Crippen LogP) is 13.4. The first-order valence-electron chi connectivity index (χ1n) is 19.1. The zero-order valence-electron chi connectivity index (χ0n) is 30.5. The Labute approximate surface area is 331 Å². The van der Waals surface area contributed by atoms with Crippen LogP contribution in [0.3, 0.4) is 0 Å². The van der Waals surface area contributed by atoms with Gasteiger partial charge in [0.15, 0.2) is 11.6 Å². The van der Waals surface area contributed by atoms with Gasteiger partial charge < -0.3 is 4.57 Å². The van der Waals surface area contributed by atoms with Gasteiger partial charge in [-0.25, -0.2) is 4.98 Å². The molecule has 5 nitrogen and oxygen atoms in total. The van der Waals surface area contributed by atoms with Gasteiger partial charge in [-0.2, -0.15) is 9.97 Å². The summed E-state index contributed by atoms with van der Waals surface area (Å²) in [4.78, 5) is 15.8. The Hall–Kier alpha value is -7.41. The standard InChI is InChI=1S/C51H31N5S/c1-4-16-32(17-5-1)46-47-39-24-11-14-26-42(39)56(43(47)31-40-36-22-10-13-25-41(36)55(48(40)46)35-20-8-3-9-21-35)51-53-49(33-18-6-2-7-19-33)52-50(54-51)34-28-29-38-37-23-12-15-27-44(37)57-45(38)30-34/h1-31H. The van der Waals surface area contributed by atoms with E-state index < -0.39 is 0 Å². The van der Waals surface area contributed by atoms with Crippen molar-refractivity contribution in [2.75, 3.05) is 0 Å². The summed E-state index contributed by atoms with van der Waals surface area (Å²) in [7, 11) is 0. The van der Waals surface area contributed by atoms with Crippen LogP contribution in [0.4, 0.5) is 0 Å². The number of benzene rings is 8. The third-order valence-electron chi connectivity index (χ3n) is 11.2. The molecule has 8 aromatic carbocycles. The van der Waals surface area contributed by atoms with Gasteiger partial charge in [-0.3, -0.25) is 4.57 Å². The zero-order valence-corrected chi connectivity index (χ0v) is 31.4. The van der Waals surface area contributed by atoms with Crippen LogP contribution in [0.1, 0.15) is 0 Å². The molecule has 0 aliphatic heterocycles. The van der Waals surface area contributed by atoms with Gasteiger partial charge in [0.05, 0.1) is 22.1 Å². The van der Waals surface area contributed by atoms with Gasteiger partial charge in [-0.05, 0) is 48.0 Å². The minimum Gasteiger partial charge on any atom is -0.309 e. The highest BCUT2D eigenvalue weighted by atomic mass is 32.1. The van der Waals surface area contributed by atoms with Crippen LogP contribution >= 0.6 is 11.3 Å². The molecule has 0 unspecified atom stereocenters. The fourth-order valence-electron chi connectivity index (χ4n) is 8.69. The van der Waals surface area contributed by atoms with Crippen molar-refractivity contribution in [1.82, 2.24) is 24.1 Å². The molecule has 0 saturated carbocycles. The molecule has 12 rings (SSSR count). The lowest BCUT2D eigenvalue weighted by molar-refractivity contribution is 0.954. The maximum Gasteiger partial charge on any atom is 0.238 e. The summed E-state index contributed by atoms with van der Waals surface area (Å²) in [5.41, 5.74) is 9.72. The summed E-state index contributed by atoms with van der Waals surface area (Å²) in [5.74, 6) is 1.84. The van der Waals surface area contributed by atoms with Gasteiger partial charge in [0.25, 0.3) is 0 Å². The van der Waals surface area contributed by atoms with E-state index in [1.54, 1.807) is 11.3 Å². The Balaban J connectivity index is 1.22. The topological polar surface area (TPSA) is 48.5 Å². The molecule has 0 saturated heterocycles. The fourth-order valence-corrected chi connectivity index (χ4v) is 9.84. The third kappa shape index (κ3) is 4.91. The molecule has 12 aromatic rings. The van der Waals surface area contributed by atoms with E-state index in [4.69, 9.17) is 15.0 Å². The second kappa shape index (κ2) is 12.6. The van der Waals surface area contributed by atoms with Crippen molar-refractivity contribution >= 4 is 75.1 Å². The molecule has 0 aliphatic carbocycles. The molecule has 57 heavy (non-hydrogen) atoms. The normalized spacial score (nSPS) is 11.9. The second-order valence-electron chi connectivity index (χ2n) is 14.4. The third-order valence-corrected chi connectivity index (χ3v) is 12.3. The molecule has 4 heterocycles. The van der Waals surface area contributed by atoms with E-state index in [1.165, 1.54) is 36.6 Å². The van der Waals surface area contributed by atoms with Gasteiger partial charge in [0.2, 0.25) is 5.95 Å². The lowest BCUT2D eigenvalue weighted by atomic mass is 9.96. The highest BCUT2D eigenvalue weighted by molar-refractivity contribution is 7.25. The van der Waals surface area contributed by atoms with Crippen LogP contribution < -0.4 is 0 Å². The largest absolute Gasteiger partial charge is 0.309 e. The smallest absolute Gasteiger partial charge is 0.238 e. The highest BCUT2D eigenvalue weighted by Gasteiger charge is 2.25. The van der Waals surface area contributed by atoms with Gasteiger partial charge >= 0.3 is 0 Å².